The lowest BCUT2D eigenvalue weighted by Crippen LogP contribution is -2.44. The number of ether oxygens (including phenoxy) is 1. The van der Waals surface area contributed by atoms with Gasteiger partial charge in [-0.2, -0.15) is 0 Å². The number of nitrogens with zero attached hydrogens (tertiary/aromatic N) is 1. The van der Waals surface area contributed by atoms with Crippen LogP contribution in [0.5, 0.6) is 0 Å². The zero-order chi connectivity index (χ0) is 11.5. The van der Waals surface area contributed by atoms with Crippen LogP contribution in [-0.4, -0.2) is 43.0 Å². The van der Waals surface area contributed by atoms with Gasteiger partial charge in [0.2, 0.25) is 0 Å². The number of hydrogen-bond acceptors (Lipinski definition) is 4. The maximum absolute atomic E-state index is 9.12. The molecule has 1 aromatic carbocycles. The Hall–Kier alpha value is -1.04. The molecule has 0 amide bonds. The van der Waals surface area contributed by atoms with Crippen molar-refractivity contribution in [1.29, 1.82) is 0 Å². The van der Waals surface area contributed by atoms with Gasteiger partial charge in [0.15, 0.2) is 0 Å². The molecule has 2 N–H and O–H groups in total. The third-order valence-electron chi connectivity index (χ3n) is 2.87. The largest absolute Gasteiger partial charge is 0.488 e. The highest BCUT2D eigenvalue weighted by Crippen LogP contribution is 2.18. The highest BCUT2D eigenvalue weighted by Gasteiger charge is 2.20. The van der Waals surface area contributed by atoms with Crippen LogP contribution in [0.15, 0.2) is 24.3 Å². The Morgan fingerprint density at radius 1 is 1.44 bits per heavy atom. The number of rotatable bonds is 2. The summed E-state index contributed by atoms with van der Waals surface area (Å²) in [4.78, 5) is 2.22. The van der Waals surface area contributed by atoms with Crippen LogP contribution in [0.2, 0.25) is 0 Å². The van der Waals surface area contributed by atoms with Crippen LogP contribution in [0.1, 0.15) is 6.92 Å². The van der Waals surface area contributed by atoms with Crippen molar-refractivity contribution in [3.8, 4) is 0 Å². The summed E-state index contributed by atoms with van der Waals surface area (Å²) in [7, 11) is -1.41. The molecule has 1 heterocycles. The number of morpholine rings is 1. The maximum Gasteiger partial charge on any atom is 0.488 e. The third kappa shape index (κ3) is 2.37. The molecule has 0 bridgehead atoms. The Kier molecular flexibility index (Phi) is 3.48. The lowest BCUT2D eigenvalue weighted by molar-refractivity contribution is 0.0989. The summed E-state index contributed by atoms with van der Waals surface area (Å²) in [5.41, 5.74) is 1.54. The molecule has 0 saturated carbocycles. The van der Waals surface area contributed by atoms with E-state index in [-0.39, 0.29) is 0 Å². The van der Waals surface area contributed by atoms with E-state index in [1.54, 1.807) is 6.07 Å². The smallest absolute Gasteiger partial charge is 0.423 e. The number of benzene rings is 1. The van der Waals surface area contributed by atoms with E-state index in [1.165, 1.54) is 0 Å². The molecule has 0 radical (unpaired) electrons. The van der Waals surface area contributed by atoms with E-state index in [1.807, 2.05) is 18.2 Å². The van der Waals surface area contributed by atoms with Crippen molar-refractivity contribution >= 4 is 18.3 Å². The SMILES string of the molecule is C[C@H]1COCCN1c1cccc(B(O)O)c1. The van der Waals surface area contributed by atoms with Crippen molar-refractivity contribution in [2.24, 2.45) is 0 Å². The van der Waals surface area contributed by atoms with Crippen molar-refractivity contribution < 1.29 is 14.8 Å². The molecule has 86 valence electrons. The molecule has 1 saturated heterocycles. The molecule has 1 aromatic rings. The van der Waals surface area contributed by atoms with Gasteiger partial charge in [-0.1, -0.05) is 12.1 Å². The molecular weight excluding hydrogens is 205 g/mol. The minimum atomic E-state index is -1.41. The lowest BCUT2D eigenvalue weighted by atomic mass is 9.80. The Morgan fingerprint density at radius 2 is 2.25 bits per heavy atom. The summed E-state index contributed by atoms with van der Waals surface area (Å²) in [5, 5.41) is 18.2. The van der Waals surface area contributed by atoms with Crippen LogP contribution in [-0.2, 0) is 4.74 Å². The second kappa shape index (κ2) is 4.87. The van der Waals surface area contributed by atoms with Crippen molar-refractivity contribution in [1.82, 2.24) is 0 Å². The third-order valence-corrected chi connectivity index (χ3v) is 2.87. The van der Waals surface area contributed by atoms with Gasteiger partial charge in [-0.3, -0.25) is 0 Å². The monoisotopic (exact) mass is 221 g/mol. The molecular formula is C11H16BNO3. The second-order valence-corrected chi connectivity index (χ2v) is 4.09. The van der Waals surface area contributed by atoms with Crippen LogP contribution < -0.4 is 10.4 Å². The summed E-state index contributed by atoms with van der Waals surface area (Å²) in [6.07, 6.45) is 0. The number of anilines is 1. The van der Waals surface area contributed by atoms with E-state index in [4.69, 9.17) is 14.8 Å². The molecule has 5 heteroatoms. The molecule has 1 aliphatic rings. The average molecular weight is 221 g/mol. The molecule has 4 nitrogen and oxygen atoms in total. The molecule has 0 spiro atoms. The fraction of sp³-hybridized carbons (Fsp3) is 0.455. The summed E-state index contributed by atoms with van der Waals surface area (Å²) in [6.45, 7) is 4.37. The predicted molar refractivity (Wildman–Crippen MR) is 63.9 cm³/mol. The molecule has 0 aliphatic carbocycles. The van der Waals surface area contributed by atoms with Crippen LogP contribution in [0.4, 0.5) is 5.69 Å². The standard InChI is InChI=1S/C11H16BNO3/c1-9-8-16-6-5-13(9)11-4-2-3-10(7-11)12(14)15/h2-4,7,9,14-15H,5-6,8H2,1H3/t9-/m0/s1. The highest BCUT2D eigenvalue weighted by molar-refractivity contribution is 6.58. The van der Waals surface area contributed by atoms with Gasteiger partial charge in [-0.05, 0) is 24.5 Å². The van der Waals surface area contributed by atoms with Gasteiger partial charge in [-0.15, -0.1) is 0 Å². The first-order chi connectivity index (χ1) is 7.68. The molecule has 2 rings (SSSR count). The summed E-state index contributed by atoms with van der Waals surface area (Å²) < 4.78 is 5.37. The van der Waals surface area contributed by atoms with Crippen molar-refractivity contribution in [3.05, 3.63) is 24.3 Å². The maximum atomic E-state index is 9.12. The van der Waals surface area contributed by atoms with E-state index in [2.05, 4.69) is 11.8 Å². The van der Waals surface area contributed by atoms with E-state index in [9.17, 15) is 0 Å². The first kappa shape index (κ1) is 11.5. The Labute approximate surface area is 95.6 Å². The zero-order valence-electron chi connectivity index (χ0n) is 9.34. The van der Waals surface area contributed by atoms with Gasteiger partial charge >= 0.3 is 7.12 Å². The molecule has 16 heavy (non-hydrogen) atoms. The van der Waals surface area contributed by atoms with E-state index >= 15 is 0 Å². The fourth-order valence-corrected chi connectivity index (χ4v) is 1.97. The van der Waals surface area contributed by atoms with Gasteiger partial charge in [0.25, 0.3) is 0 Å². The van der Waals surface area contributed by atoms with Gasteiger partial charge in [0, 0.05) is 18.3 Å². The summed E-state index contributed by atoms with van der Waals surface area (Å²) in [5.74, 6) is 0. The molecule has 1 aliphatic heterocycles. The van der Waals surface area contributed by atoms with Gasteiger partial charge in [0.1, 0.15) is 0 Å². The average Bonchev–Trinajstić information content (AvgIpc) is 2.30. The normalized spacial score (nSPS) is 20.9. The molecule has 1 atom stereocenters. The lowest BCUT2D eigenvalue weighted by Gasteiger charge is -2.35. The minimum absolute atomic E-state index is 0.319. The summed E-state index contributed by atoms with van der Waals surface area (Å²) in [6, 6.07) is 7.66. The highest BCUT2D eigenvalue weighted by atomic mass is 16.5. The first-order valence-corrected chi connectivity index (χ1v) is 5.49. The van der Waals surface area contributed by atoms with Crippen LogP contribution in [0.25, 0.3) is 0 Å². The van der Waals surface area contributed by atoms with E-state index in [0.29, 0.717) is 18.1 Å². The zero-order valence-corrected chi connectivity index (χ0v) is 9.34. The Morgan fingerprint density at radius 3 is 2.94 bits per heavy atom. The van der Waals surface area contributed by atoms with Gasteiger partial charge < -0.3 is 19.7 Å². The fourth-order valence-electron chi connectivity index (χ4n) is 1.97. The van der Waals surface area contributed by atoms with Crippen molar-refractivity contribution in [2.75, 3.05) is 24.7 Å². The first-order valence-electron chi connectivity index (χ1n) is 5.49. The quantitative estimate of drug-likeness (QED) is 0.666. The van der Waals surface area contributed by atoms with Crippen LogP contribution >= 0.6 is 0 Å². The number of hydrogen-bond donors (Lipinski definition) is 2. The minimum Gasteiger partial charge on any atom is -0.423 e. The molecule has 0 unspecified atom stereocenters. The summed E-state index contributed by atoms with van der Waals surface area (Å²) >= 11 is 0. The van der Waals surface area contributed by atoms with Crippen molar-refractivity contribution in [2.45, 2.75) is 13.0 Å². The molecule has 0 aromatic heterocycles. The molecule has 1 fully saturated rings. The van der Waals surface area contributed by atoms with E-state index in [0.717, 1.165) is 18.8 Å². The van der Waals surface area contributed by atoms with Gasteiger partial charge in [0.05, 0.1) is 13.2 Å². The topological polar surface area (TPSA) is 52.9 Å². The van der Waals surface area contributed by atoms with Crippen LogP contribution in [0, 0.1) is 0 Å². The second-order valence-electron chi connectivity index (χ2n) is 4.09. The Balaban J connectivity index is 2.21. The van der Waals surface area contributed by atoms with Crippen LogP contribution in [0.3, 0.4) is 0 Å². The Bertz CT molecular complexity index is 359. The van der Waals surface area contributed by atoms with E-state index < -0.39 is 7.12 Å². The van der Waals surface area contributed by atoms with Gasteiger partial charge in [-0.25, -0.2) is 0 Å². The predicted octanol–water partition coefficient (Wildman–Crippen LogP) is -0.408. The van der Waals surface area contributed by atoms with Crippen molar-refractivity contribution in [3.63, 3.8) is 0 Å².